The maximum atomic E-state index is 6.22. The Labute approximate surface area is 138 Å². The Hall–Kier alpha value is -0.510. The van der Waals surface area contributed by atoms with Crippen molar-refractivity contribution in [3.63, 3.8) is 0 Å². The van der Waals surface area contributed by atoms with Gasteiger partial charge in [0.1, 0.15) is 5.15 Å². The molecule has 5 heteroatoms. The normalized spacial score (nSPS) is 18.7. The van der Waals surface area contributed by atoms with E-state index in [0.717, 1.165) is 11.3 Å². The lowest BCUT2D eigenvalue weighted by atomic mass is 9.90. The Morgan fingerprint density at radius 2 is 2.05 bits per heavy atom. The number of likely N-dealkylation sites (tertiary alicyclic amines) is 1. The van der Waals surface area contributed by atoms with Crippen LogP contribution in [-0.2, 0) is 0 Å². The third-order valence-electron chi connectivity index (χ3n) is 4.39. The van der Waals surface area contributed by atoms with Crippen LogP contribution in [0.3, 0.4) is 0 Å². The van der Waals surface area contributed by atoms with Crippen LogP contribution in [-0.4, -0.2) is 35.6 Å². The van der Waals surface area contributed by atoms with E-state index in [1.54, 1.807) is 0 Å². The highest BCUT2D eigenvalue weighted by atomic mass is 35.5. The first-order valence-corrected chi connectivity index (χ1v) is 8.58. The van der Waals surface area contributed by atoms with Crippen molar-refractivity contribution in [2.75, 3.05) is 25.0 Å². The molecule has 1 fully saturated rings. The van der Waals surface area contributed by atoms with Gasteiger partial charge < -0.3 is 10.2 Å². The summed E-state index contributed by atoms with van der Waals surface area (Å²) in [5.74, 6) is 0.684. The first-order valence-electron chi connectivity index (χ1n) is 7.82. The number of aryl methyl sites for hydroxylation is 1. The van der Waals surface area contributed by atoms with Gasteiger partial charge in [0, 0.05) is 6.04 Å². The average molecular weight is 330 g/mol. The van der Waals surface area contributed by atoms with Crippen LogP contribution >= 0.6 is 23.2 Å². The van der Waals surface area contributed by atoms with Crippen LogP contribution in [0.1, 0.15) is 38.7 Å². The van der Waals surface area contributed by atoms with E-state index < -0.39 is 0 Å². The Bertz CT molecular complexity index is 448. The van der Waals surface area contributed by atoms with E-state index >= 15 is 0 Å². The first-order chi connectivity index (χ1) is 10.0. The number of piperidine rings is 1. The fraction of sp³-hybridized carbons (Fsp3) is 0.688. The number of hydrogen-bond donors (Lipinski definition) is 1. The van der Waals surface area contributed by atoms with Crippen molar-refractivity contribution in [3.8, 4) is 0 Å². The monoisotopic (exact) mass is 329 g/mol. The smallest absolute Gasteiger partial charge is 0.154 e. The molecule has 0 radical (unpaired) electrons. The molecule has 0 spiro atoms. The second-order valence-electron chi connectivity index (χ2n) is 6.04. The van der Waals surface area contributed by atoms with Crippen molar-refractivity contribution in [2.45, 2.75) is 46.1 Å². The zero-order valence-corrected chi connectivity index (χ0v) is 14.6. The molecule has 1 aromatic heterocycles. The lowest BCUT2D eigenvalue weighted by Gasteiger charge is -2.35. The maximum absolute atomic E-state index is 6.22. The first kappa shape index (κ1) is 16.9. The Morgan fingerprint density at radius 1 is 1.38 bits per heavy atom. The zero-order chi connectivity index (χ0) is 15.4. The van der Waals surface area contributed by atoms with E-state index in [0.29, 0.717) is 22.3 Å². The van der Waals surface area contributed by atoms with Crippen molar-refractivity contribution in [1.29, 1.82) is 0 Å². The van der Waals surface area contributed by atoms with E-state index in [1.807, 2.05) is 13.0 Å². The van der Waals surface area contributed by atoms with Gasteiger partial charge in [-0.2, -0.15) is 0 Å². The SMILES string of the molecule is CCCN1CCC(C(C)Nc2c(C)cc(Cl)nc2Cl)CC1. The molecule has 0 aromatic carbocycles. The minimum atomic E-state index is 0.396. The number of nitrogens with one attached hydrogen (secondary N) is 1. The van der Waals surface area contributed by atoms with E-state index in [9.17, 15) is 0 Å². The highest BCUT2D eigenvalue weighted by Gasteiger charge is 2.24. The molecule has 0 saturated carbocycles. The van der Waals surface area contributed by atoms with Gasteiger partial charge in [0.05, 0.1) is 5.69 Å². The predicted molar refractivity (Wildman–Crippen MR) is 91.5 cm³/mol. The topological polar surface area (TPSA) is 28.2 Å². The largest absolute Gasteiger partial charge is 0.380 e. The molecular weight excluding hydrogens is 305 g/mol. The summed E-state index contributed by atoms with van der Waals surface area (Å²) in [7, 11) is 0. The fourth-order valence-corrected chi connectivity index (χ4v) is 3.69. The van der Waals surface area contributed by atoms with Crippen LogP contribution in [0.5, 0.6) is 0 Å². The number of hydrogen-bond acceptors (Lipinski definition) is 3. The molecule has 0 bridgehead atoms. The molecule has 1 atom stereocenters. The Balaban J connectivity index is 1.95. The molecular formula is C16H25Cl2N3. The highest BCUT2D eigenvalue weighted by molar-refractivity contribution is 6.34. The number of nitrogens with zero attached hydrogens (tertiary/aromatic N) is 2. The van der Waals surface area contributed by atoms with Crippen molar-refractivity contribution in [2.24, 2.45) is 5.92 Å². The van der Waals surface area contributed by atoms with E-state index in [1.165, 1.54) is 38.9 Å². The van der Waals surface area contributed by atoms with Gasteiger partial charge in [-0.1, -0.05) is 30.1 Å². The molecule has 118 valence electrons. The molecule has 21 heavy (non-hydrogen) atoms. The molecule has 3 nitrogen and oxygen atoms in total. The average Bonchev–Trinajstić information content (AvgIpc) is 2.43. The Morgan fingerprint density at radius 3 is 2.62 bits per heavy atom. The maximum Gasteiger partial charge on any atom is 0.154 e. The van der Waals surface area contributed by atoms with E-state index in [-0.39, 0.29) is 0 Å². The molecule has 2 rings (SSSR count). The molecule has 2 heterocycles. The number of anilines is 1. The minimum absolute atomic E-state index is 0.396. The van der Waals surface area contributed by atoms with Gasteiger partial charge in [0.2, 0.25) is 0 Å². The van der Waals surface area contributed by atoms with Crippen molar-refractivity contribution in [1.82, 2.24) is 9.88 Å². The van der Waals surface area contributed by atoms with Crippen LogP contribution in [0.25, 0.3) is 0 Å². The van der Waals surface area contributed by atoms with Gasteiger partial charge in [-0.05, 0) is 70.3 Å². The lowest BCUT2D eigenvalue weighted by Crippen LogP contribution is -2.39. The lowest BCUT2D eigenvalue weighted by molar-refractivity contribution is 0.176. The second-order valence-corrected chi connectivity index (χ2v) is 6.79. The molecule has 0 amide bonds. The van der Waals surface area contributed by atoms with Gasteiger partial charge in [0.15, 0.2) is 5.15 Å². The van der Waals surface area contributed by atoms with Gasteiger partial charge >= 0.3 is 0 Å². The van der Waals surface area contributed by atoms with Crippen LogP contribution in [0.2, 0.25) is 10.3 Å². The summed E-state index contributed by atoms with van der Waals surface area (Å²) in [4.78, 5) is 6.69. The number of pyridine rings is 1. The number of aromatic nitrogens is 1. The van der Waals surface area contributed by atoms with Crippen LogP contribution in [0.4, 0.5) is 5.69 Å². The van der Waals surface area contributed by atoms with E-state index in [2.05, 4.69) is 29.0 Å². The zero-order valence-electron chi connectivity index (χ0n) is 13.1. The second kappa shape index (κ2) is 7.66. The van der Waals surface area contributed by atoms with Crippen LogP contribution in [0, 0.1) is 12.8 Å². The highest BCUT2D eigenvalue weighted by Crippen LogP contribution is 2.30. The Kier molecular flexibility index (Phi) is 6.15. The molecule has 1 aromatic rings. The standard InChI is InChI=1S/C16H25Cl2N3/c1-4-7-21-8-5-13(6-9-21)12(3)19-15-11(2)10-14(17)20-16(15)18/h10,12-13,19H,4-9H2,1-3H3. The van der Waals surface area contributed by atoms with Gasteiger partial charge in [0.25, 0.3) is 0 Å². The quantitative estimate of drug-likeness (QED) is 0.799. The van der Waals surface area contributed by atoms with Gasteiger partial charge in [-0.25, -0.2) is 4.98 Å². The summed E-state index contributed by atoms with van der Waals surface area (Å²) in [5.41, 5.74) is 1.97. The fourth-order valence-electron chi connectivity index (χ4n) is 3.11. The molecule has 1 unspecified atom stereocenters. The van der Waals surface area contributed by atoms with Crippen LogP contribution in [0.15, 0.2) is 6.07 Å². The van der Waals surface area contributed by atoms with Crippen molar-refractivity contribution in [3.05, 3.63) is 21.9 Å². The summed E-state index contributed by atoms with van der Waals surface area (Å²) in [5, 5.41) is 4.47. The summed E-state index contributed by atoms with van der Waals surface area (Å²) in [6, 6.07) is 2.25. The third kappa shape index (κ3) is 4.48. The molecule has 0 aliphatic carbocycles. The molecule has 1 aliphatic rings. The van der Waals surface area contributed by atoms with Crippen molar-refractivity contribution < 1.29 is 0 Å². The third-order valence-corrected chi connectivity index (χ3v) is 4.86. The van der Waals surface area contributed by atoms with Crippen LogP contribution < -0.4 is 5.32 Å². The summed E-state index contributed by atoms with van der Waals surface area (Å²) < 4.78 is 0. The van der Waals surface area contributed by atoms with E-state index in [4.69, 9.17) is 23.2 Å². The summed E-state index contributed by atoms with van der Waals surface area (Å²) in [6.45, 7) is 10.1. The molecule has 1 saturated heterocycles. The van der Waals surface area contributed by atoms with Gasteiger partial charge in [-0.3, -0.25) is 0 Å². The minimum Gasteiger partial charge on any atom is -0.380 e. The molecule has 1 N–H and O–H groups in total. The predicted octanol–water partition coefficient (Wildman–Crippen LogP) is 4.62. The molecule has 1 aliphatic heterocycles. The van der Waals surface area contributed by atoms with Gasteiger partial charge in [-0.15, -0.1) is 0 Å². The summed E-state index contributed by atoms with van der Waals surface area (Å²) >= 11 is 12.1. The summed E-state index contributed by atoms with van der Waals surface area (Å²) in [6.07, 6.45) is 3.72. The van der Waals surface area contributed by atoms with Crippen molar-refractivity contribution >= 4 is 28.9 Å². The number of rotatable bonds is 5. The number of halogens is 2.